The van der Waals surface area contributed by atoms with E-state index in [-0.39, 0.29) is 11.1 Å². The van der Waals surface area contributed by atoms with Crippen LogP contribution in [-0.4, -0.2) is 60.7 Å². The van der Waals surface area contributed by atoms with Crippen molar-refractivity contribution in [3.63, 3.8) is 0 Å². The molecule has 0 heterocycles. The highest BCUT2D eigenvalue weighted by Crippen LogP contribution is 2.58. The molecule has 0 atom stereocenters. The number of hydrogen-bond donors (Lipinski definition) is 2. The molecule has 8 fully saturated rings. The molecule has 0 aromatic carbocycles. The molecular formula is C26H44N5+. The SMILES string of the molecule is CN(C)C(NC(=NC12CC3CC(CC(C3)C1)C2)NC12CC3CC(CC(C3)C1)C2)=[N+](C)C. The molecule has 2 N–H and O–H groups in total. The third-order valence-electron chi connectivity index (χ3n) is 9.85. The van der Waals surface area contributed by atoms with Gasteiger partial charge in [-0.25, -0.2) is 10.3 Å². The van der Waals surface area contributed by atoms with Gasteiger partial charge >= 0.3 is 5.96 Å². The molecule has 0 unspecified atom stereocenters. The number of nitrogens with zero attached hydrogens (tertiary/aromatic N) is 3. The maximum absolute atomic E-state index is 5.67. The first-order valence-electron chi connectivity index (χ1n) is 13.2. The lowest BCUT2D eigenvalue weighted by Crippen LogP contribution is -2.64. The standard InChI is InChI=1S/C26H43N5/c1-30(2)24(31(3)4)27-23(28-25-11-17-5-18(12-25)7-19(6-17)13-25)29-26-14-20-8-21(15-26)10-22(9-20)16-26/h17-22H,5-16H2,1-4H3,(H,28,29)/p+1. The second-order valence-corrected chi connectivity index (χ2v) is 13.2. The summed E-state index contributed by atoms with van der Waals surface area (Å²) in [6.07, 6.45) is 17.0. The summed E-state index contributed by atoms with van der Waals surface area (Å²) >= 11 is 0. The zero-order valence-corrected chi connectivity index (χ0v) is 20.3. The van der Waals surface area contributed by atoms with E-state index in [4.69, 9.17) is 4.99 Å². The number of aliphatic imine (C=N–C) groups is 1. The van der Waals surface area contributed by atoms with Crippen LogP contribution in [-0.2, 0) is 0 Å². The largest absolute Gasteiger partial charge is 0.354 e. The zero-order valence-electron chi connectivity index (χ0n) is 20.3. The van der Waals surface area contributed by atoms with E-state index < -0.39 is 0 Å². The minimum absolute atomic E-state index is 0.191. The molecule has 0 aromatic rings. The van der Waals surface area contributed by atoms with Gasteiger partial charge in [0.2, 0.25) is 0 Å². The molecule has 8 saturated carbocycles. The molecule has 8 bridgehead atoms. The van der Waals surface area contributed by atoms with Crippen LogP contribution in [0.2, 0.25) is 0 Å². The maximum atomic E-state index is 5.67. The first-order valence-corrected chi connectivity index (χ1v) is 13.2. The van der Waals surface area contributed by atoms with Crippen molar-refractivity contribution in [2.75, 3.05) is 28.2 Å². The number of guanidine groups is 2. The monoisotopic (exact) mass is 426 g/mol. The smallest absolute Gasteiger partial charge is 0.338 e. The third kappa shape index (κ3) is 3.68. The van der Waals surface area contributed by atoms with Gasteiger partial charge < -0.3 is 5.32 Å². The molecule has 0 saturated heterocycles. The van der Waals surface area contributed by atoms with E-state index >= 15 is 0 Å². The molecule has 0 amide bonds. The molecule has 5 heteroatoms. The van der Waals surface area contributed by atoms with Crippen molar-refractivity contribution in [1.82, 2.24) is 15.5 Å². The Bertz CT molecular complexity index is 719. The van der Waals surface area contributed by atoms with E-state index in [1.165, 1.54) is 77.0 Å². The van der Waals surface area contributed by atoms with Crippen molar-refractivity contribution in [1.29, 1.82) is 0 Å². The van der Waals surface area contributed by atoms with Gasteiger partial charge in [0.15, 0.2) is 0 Å². The molecule has 0 aromatic heterocycles. The molecule has 0 radical (unpaired) electrons. The Labute approximate surface area is 189 Å². The van der Waals surface area contributed by atoms with Crippen LogP contribution in [0.3, 0.4) is 0 Å². The van der Waals surface area contributed by atoms with Crippen molar-refractivity contribution in [2.45, 2.75) is 88.1 Å². The van der Waals surface area contributed by atoms with E-state index in [1.807, 2.05) is 0 Å². The van der Waals surface area contributed by atoms with Crippen molar-refractivity contribution in [3.8, 4) is 0 Å². The third-order valence-corrected chi connectivity index (χ3v) is 9.85. The molecule has 172 valence electrons. The van der Waals surface area contributed by atoms with Crippen LogP contribution in [0.4, 0.5) is 0 Å². The Morgan fingerprint density at radius 2 is 1.16 bits per heavy atom. The van der Waals surface area contributed by atoms with Gasteiger partial charge in [-0.15, -0.1) is 0 Å². The van der Waals surface area contributed by atoms with Gasteiger partial charge in [0.25, 0.3) is 5.96 Å². The fourth-order valence-electron chi connectivity index (χ4n) is 9.77. The summed E-state index contributed by atoms with van der Waals surface area (Å²) < 4.78 is 2.19. The van der Waals surface area contributed by atoms with Crippen LogP contribution < -0.4 is 10.6 Å². The van der Waals surface area contributed by atoms with Crippen molar-refractivity contribution < 1.29 is 4.58 Å². The van der Waals surface area contributed by atoms with Crippen LogP contribution in [0, 0.1) is 35.5 Å². The number of rotatable bonds is 2. The molecule has 0 aliphatic heterocycles. The zero-order chi connectivity index (χ0) is 21.4. The van der Waals surface area contributed by atoms with Gasteiger partial charge in [-0.2, -0.15) is 0 Å². The summed E-state index contributed by atoms with van der Waals surface area (Å²) in [4.78, 5) is 7.86. The van der Waals surface area contributed by atoms with Crippen LogP contribution in [0.25, 0.3) is 0 Å². The summed E-state index contributed by atoms with van der Waals surface area (Å²) in [5.41, 5.74) is 0.475. The van der Waals surface area contributed by atoms with E-state index in [9.17, 15) is 0 Å². The topological polar surface area (TPSA) is 42.7 Å². The average Bonchev–Trinajstić information content (AvgIpc) is 2.62. The lowest BCUT2D eigenvalue weighted by Gasteiger charge is -2.57. The van der Waals surface area contributed by atoms with E-state index in [0.717, 1.165) is 47.4 Å². The number of hydrogen-bond acceptors (Lipinski definition) is 1. The summed E-state index contributed by atoms with van der Waals surface area (Å²) in [5, 5.41) is 7.95. The Balaban J connectivity index is 1.32. The predicted octanol–water partition coefficient (Wildman–Crippen LogP) is 3.65. The van der Waals surface area contributed by atoms with Crippen LogP contribution in [0.15, 0.2) is 4.99 Å². The van der Waals surface area contributed by atoms with Gasteiger partial charge in [-0.1, -0.05) is 0 Å². The molecule has 8 rings (SSSR count). The van der Waals surface area contributed by atoms with Crippen molar-refractivity contribution in [2.24, 2.45) is 40.5 Å². The molecule has 8 aliphatic rings. The Morgan fingerprint density at radius 1 is 0.742 bits per heavy atom. The van der Waals surface area contributed by atoms with Crippen LogP contribution in [0.5, 0.6) is 0 Å². The second kappa shape index (κ2) is 7.12. The normalized spacial score (nSPS) is 46.9. The highest BCUT2D eigenvalue weighted by Gasteiger charge is 2.54. The van der Waals surface area contributed by atoms with Crippen molar-refractivity contribution >= 4 is 11.9 Å². The van der Waals surface area contributed by atoms with E-state index in [0.29, 0.717) is 0 Å². The van der Waals surface area contributed by atoms with Gasteiger partial charge in [-0.05, 0) is 113 Å². The highest BCUT2D eigenvalue weighted by molar-refractivity contribution is 5.97. The predicted molar refractivity (Wildman–Crippen MR) is 126 cm³/mol. The van der Waals surface area contributed by atoms with Crippen LogP contribution >= 0.6 is 0 Å². The lowest BCUT2D eigenvalue weighted by molar-refractivity contribution is -0.471. The summed E-state index contributed by atoms with van der Waals surface area (Å²) in [6, 6.07) is 0. The molecule has 31 heavy (non-hydrogen) atoms. The van der Waals surface area contributed by atoms with Gasteiger partial charge in [0, 0.05) is 5.54 Å². The lowest BCUT2D eigenvalue weighted by atomic mass is 9.53. The van der Waals surface area contributed by atoms with Crippen LogP contribution in [0.1, 0.15) is 77.0 Å². The molecular weight excluding hydrogens is 382 g/mol. The summed E-state index contributed by atoms with van der Waals surface area (Å²) in [6.45, 7) is 0. The fourth-order valence-corrected chi connectivity index (χ4v) is 9.77. The van der Waals surface area contributed by atoms with Gasteiger partial charge in [-0.3, -0.25) is 9.48 Å². The quantitative estimate of drug-likeness (QED) is 0.402. The Kier molecular flexibility index (Phi) is 4.67. The van der Waals surface area contributed by atoms with Crippen molar-refractivity contribution in [3.05, 3.63) is 0 Å². The minimum Gasteiger partial charge on any atom is -0.338 e. The van der Waals surface area contributed by atoms with Gasteiger partial charge in [0.05, 0.1) is 33.7 Å². The highest BCUT2D eigenvalue weighted by atomic mass is 15.4. The minimum atomic E-state index is 0.191. The molecule has 8 aliphatic carbocycles. The molecule has 5 nitrogen and oxygen atoms in total. The first-order chi connectivity index (χ1) is 14.8. The Hall–Kier alpha value is -1.26. The first kappa shape index (κ1) is 20.4. The van der Waals surface area contributed by atoms with E-state index in [1.54, 1.807) is 0 Å². The fraction of sp³-hybridized carbons (Fsp3) is 0.923. The maximum Gasteiger partial charge on any atom is 0.354 e. The Morgan fingerprint density at radius 3 is 1.55 bits per heavy atom. The molecule has 0 spiro atoms. The van der Waals surface area contributed by atoms with E-state index in [2.05, 4.69) is 48.3 Å². The van der Waals surface area contributed by atoms with Gasteiger partial charge in [0.1, 0.15) is 0 Å². The summed E-state index contributed by atoms with van der Waals surface area (Å²) in [5.74, 6) is 7.86. The summed E-state index contributed by atoms with van der Waals surface area (Å²) in [7, 11) is 8.54. The second-order valence-electron chi connectivity index (χ2n) is 13.2. The average molecular weight is 427 g/mol. The number of nitrogens with one attached hydrogen (secondary N) is 2.